The Morgan fingerprint density at radius 3 is 2.80 bits per heavy atom. The number of aromatic nitrogens is 1. The number of benzene rings is 1. The van der Waals surface area contributed by atoms with E-state index in [0.717, 1.165) is 17.9 Å². The molecule has 1 aromatic heterocycles. The summed E-state index contributed by atoms with van der Waals surface area (Å²) in [4.78, 5) is 29.9. The summed E-state index contributed by atoms with van der Waals surface area (Å²) in [5.41, 5.74) is 0.966. The normalized spacial score (nSPS) is 16.9. The zero-order valence-electron chi connectivity index (χ0n) is 20.7. The van der Waals surface area contributed by atoms with E-state index in [2.05, 4.69) is 21.7 Å². The van der Waals surface area contributed by atoms with Crippen molar-refractivity contribution < 1.29 is 9.53 Å². The molecule has 0 saturated carbocycles. The first-order valence-electron chi connectivity index (χ1n) is 11.4. The predicted molar refractivity (Wildman–Crippen MR) is 145 cm³/mol. The van der Waals surface area contributed by atoms with E-state index in [4.69, 9.17) is 4.74 Å². The summed E-state index contributed by atoms with van der Waals surface area (Å²) < 4.78 is 8.28. The molecular formula is C25H31N5O3S2. The maximum absolute atomic E-state index is 13.0. The first-order chi connectivity index (χ1) is 16.7. The Morgan fingerprint density at radius 1 is 1.40 bits per heavy atom. The van der Waals surface area contributed by atoms with Gasteiger partial charge in [0.2, 0.25) is 11.8 Å². The average Bonchev–Trinajstić information content (AvgIpc) is 3.41. The van der Waals surface area contributed by atoms with Gasteiger partial charge in [-0.3, -0.25) is 14.2 Å². The van der Waals surface area contributed by atoms with Gasteiger partial charge in [0, 0.05) is 29.5 Å². The minimum Gasteiger partial charge on any atom is -0.475 e. The van der Waals surface area contributed by atoms with Gasteiger partial charge in [0.05, 0.1) is 6.04 Å². The Labute approximate surface area is 213 Å². The number of carbonyl (C=O) groups excluding carboxylic acids is 1. The van der Waals surface area contributed by atoms with E-state index >= 15 is 0 Å². The number of carbonyl (C=O) groups is 1. The summed E-state index contributed by atoms with van der Waals surface area (Å²) in [7, 11) is 0. The molecule has 1 amide bonds. The number of hydrogen-bond acceptors (Lipinski definition) is 8. The molecule has 2 aromatic rings. The number of ether oxygens (including phenoxy) is 1. The van der Waals surface area contributed by atoms with Gasteiger partial charge in [-0.25, -0.2) is 4.99 Å². The molecule has 2 heterocycles. The van der Waals surface area contributed by atoms with Crippen LogP contribution in [0.15, 0.2) is 34.1 Å². The van der Waals surface area contributed by atoms with Crippen molar-refractivity contribution in [2.75, 3.05) is 29.2 Å². The topological polar surface area (TPSA) is 109 Å². The van der Waals surface area contributed by atoms with Gasteiger partial charge in [0.1, 0.15) is 27.4 Å². The van der Waals surface area contributed by atoms with Crippen molar-refractivity contribution in [3.8, 4) is 6.07 Å². The lowest BCUT2D eigenvalue weighted by Gasteiger charge is -2.18. The van der Waals surface area contributed by atoms with E-state index in [9.17, 15) is 14.9 Å². The van der Waals surface area contributed by atoms with Crippen molar-refractivity contribution in [3.63, 3.8) is 0 Å². The first kappa shape index (κ1) is 26.6. The quantitative estimate of drug-likeness (QED) is 0.562. The fourth-order valence-electron chi connectivity index (χ4n) is 3.29. The molecular weight excluding hydrogens is 482 g/mol. The van der Waals surface area contributed by atoms with Crippen LogP contribution in [0.4, 0.5) is 11.4 Å². The van der Waals surface area contributed by atoms with Crippen molar-refractivity contribution in [1.29, 1.82) is 5.26 Å². The van der Waals surface area contributed by atoms with Gasteiger partial charge in [-0.2, -0.15) is 17.0 Å². The van der Waals surface area contributed by atoms with Crippen molar-refractivity contribution in [2.24, 2.45) is 10.4 Å². The predicted octanol–water partition coefficient (Wildman–Crippen LogP) is 2.99. The molecule has 1 atom stereocenters. The third-order valence-corrected chi connectivity index (χ3v) is 7.08. The first-order valence-corrected chi connectivity index (χ1v) is 13.6. The molecule has 1 unspecified atom stereocenters. The Morgan fingerprint density at radius 2 is 2.14 bits per heavy atom. The van der Waals surface area contributed by atoms with Crippen LogP contribution in [0.2, 0.25) is 0 Å². The second-order valence-electron chi connectivity index (χ2n) is 9.06. The molecule has 10 heteroatoms. The summed E-state index contributed by atoms with van der Waals surface area (Å²) in [6.45, 7) is 8.29. The fraction of sp³-hybridized carbons (Fsp3) is 0.440. The lowest BCUT2D eigenvalue weighted by molar-refractivity contribution is -0.123. The highest BCUT2D eigenvalue weighted by atomic mass is 32.2. The maximum Gasteiger partial charge on any atom is 0.270 e. The van der Waals surface area contributed by atoms with Gasteiger partial charge >= 0.3 is 0 Å². The molecule has 0 aliphatic carbocycles. The molecule has 186 valence electrons. The van der Waals surface area contributed by atoms with Crippen LogP contribution in [0.3, 0.4) is 0 Å². The number of thiazole rings is 1. The average molecular weight is 514 g/mol. The Bertz CT molecular complexity index is 1330. The second-order valence-corrected chi connectivity index (χ2v) is 11.1. The van der Waals surface area contributed by atoms with Gasteiger partial charge < -0.3 is 15.4 Å². The van der Waals surface area contributed by atoms with E-state index in [-0.39, 0.29) is 23.1 Å². The van der Waals surface area contributed by atoms with Crippen LogP contribution in [0, 0.1) is 16.7 Å². The molecule has 0 radical (unpaired) electrons. The highest BCUT2D eigenvalue weighted by Crippen LogP contribution is 2.20. The number of anilines is 2. The highest BCUT2D eigenvalue weighted by Gasteiger charge is 2.24. The summed E-state index contributed by atoms with van der Waals surface area (Å²) >= 11 is 2.97. The van der Waals surface area contributed by atoms with E-state index in [1.54, 1.807) is 28.6 Å². The van der Waals surface area contributed by atoms with Gasteiger partial charge in [0.15, 0.2) is 0 Å². The fourth-order valence-corrected chi connectivity index (χ4v) is 4.88. The Hall–Kier alpha value is -3.03. The van der Waals surface area contributed by atoms with Crippen LogP contribution in [-0.2, 0) is 16.1 Å². The van der Waals surface area contributed by atoms with Crippen LogP contribution in [0.25, 0.3) is 11.8 Å². The zero-order chi connectivity index (χ0) is 25.6. The van der Waals surface area contributed by atoms with E-state index in [0.29, 0.717) is 33.9 Å². The van der Waals surface area contributed by atoms with Crippen LogP contribution in [-0.4, -0.2) is 41.0 Å². The number of hydrogen-bond donors (Lipinski definition) is 2. The monoisotopic (exact) mass is 513 g/mol. The molecule has 1 aliphatic rings. The minimum absolute atomic E-state index is 0.0290. The third-order valence-electron chi connectivity index (χ3n) is 5.30. The number of aliphatic imine (C=N–C) groups is 1. The van der Waals surface area contributed by atoms with Crippen LogP contribution in [0.1, 0.15) is 34.1 Å². The van der Waals surface area contributed by atoms with Crippen molar-refractivity contribution >= 4 is 58.1 Å². The van der Waals surface area contributed by atoms with E-state index in [1.165, 1.54) is 11.3 Å². The molecule has 1 aromatic carbocycles. The van der Waals surface area contributed by atoms with Crippen molar-refractivity contribution in [1.82, 2.24) is 4.57 Å². The number of amides is 1. The molecule has 0 fully saturated rings. The molecule has 2 N–H and O–H groups in total. The molecule has 0 bridgehead atoms. The van der Waals surface area contributed by atoms with Gasteiger partial charge in [-0.1, -0.05) is 26.8 Å². The Kier molecular flexibility index (Phi) is 8.81. The lowest BCUT2D eigenvalue weighted by atomic mass is 9.95. The Balaban J connectivity index is 1.93. The van der Waals surface area contributed by atoms with E-state index in [1.807, 2.05) is 52.1 Å². The summed E-state index contributed by atoms with van der Waals surface area (Å²) in [5, 5.41) is 15.9. The highest BCUT2D eigenvalue weighted by molar-refractivity contribution is 7.98. The van der Waals surface area contributed by atoms with Crippen LogP contribution < -0.4 is 25.4 Å². The zero-order valence-corrected chi connectivity index (χ0v) is 22.3. The molecule has 0 saturated heterocycles. The molecule has 3 rings (SSSR count). The van der Waals surface area contributed by atoms with Crippen LogP contribution >= 0.6 is 23.1 Å². The molecule has 0 spiro atoms. The van der Waals surface area contributed by atoms with Crippen molar-refractivity contribution in [3.05, 3.63) is 43.8 Å². The van der Waals surface area contributed by atoms with E-state index < -0.39 is 5.41 Å². The molecule has 35 heavy (non-hydrogen) atoms. The summed E-state index contributed by atoms with van der Waals surface area (Å²) in [6, 6.07) is 9.51. The van der Waals surface area contributed by atoms with Gasteiger partial charge in [-0.15, -0.1) is 11.3 Å². The SMILES string of the molecule is CCn1c(=C(C#N)C2=NC(CCSC)CO2)sc(=CNc2cccc(NC(=O)C(C)(C)C)c2)c1=O. The summed E-state index contributed by atoms with van der Waals surface area (Å²) in [6.07, 6.45) is 4.55. The lowest BCUT2D eigenvalue weighted by Crippen LogP contribution is -2.32. The van der Waals surface area contributed by atoms with Gasteiger partial charge in [0.25, 0.3) is 5.56 Å². The number of rotatable bonds is 8. The minimum atomic E-state index is -0.509. The molecule has 1 aliphatic heterocycles. The smallest absolute Gasteiger partial charge is 0.270 e. The van der Waals surface area contributed by atoms with Gasteiger partial charge in [-0.05, 0) is 43.6 Å². The van der Waals surface area contributed by atoms with Crippen molar-refractivity contribution in [2.45, 2.75) is 46.7 Å². The number of nitrogens with zero attached hydrogens (tertiary/aromatic N) is 3. The number of nitriles is 1. The second kappa shape index (κ2) is 11.6. The molecule has 8 nitrogen and oxygen atoms in total. The largest absolute Gasteiger partial charge is 0.475 e. The van der Waals surface area contributed by atoms with Crippen LogP contribution in [0.5, 0.6) is 0 Å². The number of nitrogens with one attached hydrogen (secondary N) is 2. The maximum atomic E-state index is 13.0. The number of thioether (sulfide) groups is 1. The third kappa shape index (κ3) is 6.55. The standard InChI is InChI=1S/C25H31N5O3S2/c1-6-30-22(31)20(14-27-16-8-7-9-17(12-16)29-24(32)25(2,3)4)35-23(30)19(13-26)21-28-18(15-33-21)10-11-34-5/h7-9,12,14,18,27H,6,10-11,15H2,1-5H3,(H,29,32). The summed E-state index contributed by atoms with van der Waals surface area (Å²) in [5.74, 6) is 1.19.